The summed E-state index contributed by atoms with van der Waals surface area (Å²) in [6.45, 7) is 11.7. The Morgan fingerprint density at radius 3 is 1.36 bits per heavy atom. The number of ether oxygens (including phenoxy) is 4. The van der Waals surface area contributed by atoms with Gasteiger partial charge in [0.1, 0.15) is 49.0 Å². The Labute approximate surface area is 549 Å². The maximum absolute atomic E-state index is 14.6. The van der Waals surface area contributed by atoms with Crippen LogP contribution in [0.3, 0.4) is 0 Å². The summed E-state index contributed by atoms with van der Waals surface area (Å²) in [5.41, 5.74) is 7.69. The zero-order chi connectivity index (χ0) is 63.2. The molecule has 14 rings (SSSR count). The van der Waals surface area contributed by atoms with E-state index in [0.717, 1.165) is 135 Å². The van der Waals surface area contributed by atoms with Crippen molar-refractivity contribution >= 4 is 47.2 Å². The summed E-state index contributed by atoms with van der Waals surface area (Å²) >= 11 is 12.8. The SMILES string of the molecule is Cc1cn(C[C@@H]2CCCN(C(=O)[C@H]3CN([C@@H]4c5ccc(Cl)cc5OCc5cccnc54)CCN3C(=O)OC3CCCCC3)C2)cn1.Cc1cn(C[C@@H]2CCCN(C(=O)[C@H]3CN([C@H]4c5ccc(Cl)cc5OCc5cccnc54)CCN3C(=O)OC3CCCCC3)C2)cn1. The number of pyridine rings is 2. The number of nitrogens with zero attached hydrogens (tertiary/aromatic N) is 12. The van der Waals surface area contributed by atoms with E-state index >= 15 is 0 Å². The average molecular weight is 1290 g/mol. The van der Waals surface area contributed by atoms with Gasteiger partial charge < -0.3 is 37.9 Å². The average Bonchev–Trinajstić information content (AvgIpc) is 1.40. The number of aryl methyl sites for hydroxylation is 2. The van der Waals surface area contributed by atoms with Crippen molar-refractivity contribution in [2.75, 3.05) is 65.4 Å². The van der Waals surface area contributed by atoms with Gasteiger partial charge in [-0.1, -0.05) is 60.3 Å². The van der Waals surface area contributed by atoms with Gasteiger partial charge in [-0.05, 0) is 139 Å². The number of amides is 4. The van der Waals surface area contributed by atoms with Gasteiger partial charge in [0.15, 0.2) is 0 Å². The van der Waals surface area contributed by atoms with Crippen LogP contribution in [0.1, 0.15) is 147 Å². The molecule has 10 heterocycles. The Balaban J connectivity index is 0.000000168. The lowest BCUT2D eigenvalue weighted by atomic mass is 9.95. The van der Waals surface area contributed by atoms with E-state index in [-0.39, 0.29) is 48.3 Å². The van der Waals surface area contributed by atoms with Gasteiger partial charge in [0.05, 0.1) is 47.5 Å². The van der Waals surface area contributed by atoms with Gasteiger partial charge in [0.25, 0.3) is 0 Å². The number of carbonyl (C=O) groups excluding carboxylic acids is 4. The van der Waals surface area contributed by atoms with Crippen LogP contribution < -0.4 is 9.47 Å². The third-order valence-electron chi connectivity index (χ3n) is 20.0. The highest BCUT2D eigenvalue weighted by Gasteiger charge is 2.46. The first-order chi connectivity index (χ1) is 44.8. The number of piperidine rings is 2. The summed E-state index contributed by atoms with van der Waals surface area (Å²) in [7, 11) is 0. The van der Waals surface area contributed by atoms with E-state index < -0.39 is 12.1 Å². The van der Waals surface area contributed by atoms with Crippen LogP contribution in [-0.4, -0.2) is 172 Å². The molecule has 6 atom stereocenters. The van der Waals surface area contributed by atoms with E-state index in [9.17, 15) is 19.2 Å². The van der Waals surface area contributed by atoms with E-state index in [1.165, 1.54) is 12.8 Å². The summed E-state index contributed by atoms with van der Waals surface area (Å²) in [6.07, 6.45) is 24.7. The van der Waals surface area contributed by atoms with Crippen molar-refractivity contribution in [2.45, 2.75) is 166 Å². The molecule has 2 aliphatic carbocycles. The molecule has 0 spiro atoms. The molecule has 4 saturated heterocycles. The molecular formula is C70H86Cl2N12O8. The zero-order valence-electron chi connectivity index (χ0n) is 53.0. The predicted octanol–water partition coefficient (Wildman–Crippen LogP) is 11.2. The number of fused-ring (bicyclic) bond motifs is 4. The van der Waals surface area contributed by atoms with Gasteiger partial charge in [0, 0.05) is 136 Å². The van der Waals surface area contributed by atoms with E-state index in [2.05, 4.69) is 41.3 Å². The molecule has 4 aromatic heterocycles. The second kappa shape index (κ2) is 28.9. The molecule has 0 bridgehead atoms. The number of likely N-dealkylation sites (tertiary alicyclic amines) is 2. The predicted molar refractivity (Wildman–Crippen MR) is 347 cm³/mol. The van der Waals surface area contributed by atoms with Crippen molar-refractivity contribution in [1.82, 2.24) is 58.5 Å². The quantitative estimate of drug-likeness (QED) is 0.126. The van der Waals surface area contributed by atoms with Crippen LogP contribution in [0.2, 0.25) is 10.0 Å². The van der Waals surface area contributed by atoms with Gasteiger partial charge in [-0.2, -0.15) is 0 Å². The summed E-state index contributed by atoms with van der Waals surface area (Å²) in [5.74, 6) is 2.04. The molecule has 20 nitrogen and oxygen atoms in total. The van der Waals surface area contributed by atoms with Crippen LogP contribution in [0.4, 0.5) is 9.59 Å². The minimum atomic E-state index is -0.675. The molecule has 6 fully saturated rings. The summed E-state index contributed by atoms with van der Waals surface area (Å²) in [6, 6.07) is 17.5. The molecule has 2 aromatic carbocycles. The molecule has 2 saturated carbocycles. The molecule has 6 aliphatic heterocycles. The lowest BCUT2D eigenvalue weighted by Gasteiger charge is -2.45. The van der Waals surface area contributed by atoms with Crippen LogP contribution in [-0.2, 0) is 45.4 Å². The first-order valence-electron chi connectivity index (χ1n) is 33.5. The van der Waals surface area contributed by atoms with Crippen molar-refractivity contribution in [1.29, 1.82) is 0 Å². The van der Waals surface area contributed by atoms with Gasteiger partial charge in [-0.25, -0.2) is 19.6 Å². The third kappa shape index (κ3) is 14.6. The molecule has 0 radical (unpaired) electrons. The molecular weight excluding hydrogens is 1210 g/mol. The number of halogens is 2. The first-order valence-corrected chi connectivity index (χ1v) is 34.3. The minimum absolute atomic E-state index is 0.0146. The largest absolute Gasteiger partial charge is 0.488 e. The van der Waals surface area contributed by atoms with Crippen LogP contribution >= 0.6 is 23.2 Å². The summed E-state index contributed by atoms with van der Waals surface area (Å²) < 4.78 is 28.8. The lowest BCUT2D eigenvalue weighted by molar-refractivity contribution is -0.142. The number of carbonyl (C=O) groups is 4. The third-order valence-corrected chi connectivity index (χ3v) is 20.5. The fourth-order valence-corrected chi connectivity index (χ4v) is 15.7. The smallest absolute Gasteiger partial charge is 0.410 e. The maximum atomic E-state index is 14.6. The number of aromatic nitrogens is 6. The Morgan fingerprint density at radius 2 is 0.946 bits per heavy atom. The van der Waals surface area contributed by atoms with Gasteiger partial charge in [-0.15, -0.1) is 0 Å². The maximum Gasteiger partial charge on any atom is 0.410 e. The second-order valence-electron chi connectivity index (χ2n) is 26.5. The van der Waals surface area contributed by atoms with Crippen LogP contribution in [0.25, 0.3) is 0 Å². The number of piperazine rings is 2. The van der Waals surface area contributed by atoms with Crippen LogP contribution in [0, 0.1) is 25.7 Å². The highest BCUT2D eigenvalue weighted by molar-refractivity contribution is 6.31. The Kier molecular flexibility index (Phi) is 20.0. The molecule has 92 heavy (non-hydrogen) atoms. The van der Waals surface area contributed by atoms with Crippen molar-refractivity contribution in [3.05, 3.63) is 153 Å². The topological polar surface area (TPSA) is 186 Å². The number of rotatable bonds is 10. The Bertz CT molecular complexity index is 3340. The lowest BCUT2D eigenvalue weighted by Crippen LogP contribution is -2.62. The highest BCUT2D eigenvalue weighted by Crippen LogP contribution is 2.43. The van der Waals surface area contributed by atoms with Gasteiger partial charge in [-0.3, -0.25) is 39.2 Å². The monoisotopic (exact) mass is 1290 g/mol. The van der Waals surface area contributed by atoms with Crippen molar-refractivity contribution in [3.8, 4) is 11.5 Å². The van der Waals surface area contributed by atoms with E-state index in [1.807, 2.05) is 109 Å². The minimum Gasteiger partial charge on any atom is -0.488 e. The normalized spacial score (nSPS) is 24.0. The number of imidazole rings is 2. The van der Waals surface area contributed by atoms with Crippen LogP contribution in [0.5, 0.6) is 11.5 Å². The van der Waals surface area contributed by atoms with Crippen molar-refractivity contribution in [3.63, 3.8) is 0 Å². The van der Waals surface area contributed by atoms with Crippen LogP contribution in [0.15, 0.2) is 98.1 Å². The highest BCUT2D eigenvalue weighted by atomic mass is 35.5. The fraction of sp³-hybridized carbons (Fsp3) is 0.543. The van der Waals surface area contributed by atoms with Gasteiger partial charge in [0.2, 0.25) is 11.8 Å². The zero-order valence-corrected chi connectivity index (χ0v) is 54.6. The van der Waals surface area contributed by atoms with Gasteiger partial charge >= 0.3 is 12.2 Å². The standard InChI is InChI=1S/2C35H43ClN6O4/c2*1-24-18-39(23-38-24)19-25-7-6-14-41(20-25)34(43)30-21-40(15-16-42(30)35(44)46-28-9-3-2-4-10-28)33-29-12-11-27(36)17-31(29)45-22-26-8-5-13-37-32(26)33/h2*5,8,11-13,17-18,23,25,28,30,33H,2-4,6-7,9-10,14-16,19-22H2,1H3/t25-,30+,33+;25-,30+,33-/m00/s1. The molecule has 6 aromatic rings. The number of benzene rings is 2. The summed E-state index contributed by atoms with van der Waals surface area (Å²) in [4.78, 5) is 87.1. The molecule has 0 N–H and O–H groups in total. The molecule has 8 aliphatic rings. The fourth-order valence-electron chi connectivity index (χ4n) is 15.4. The Morgan fingerprint density at radius 1 is 0.511 bits per heavy atom. The second-order valence-corrected chi connectivity index (χ2v) is 27.4. The first kappa shape index (κ1) is 63.5. The van der Waals surface area contributed by atoms with Crippen molar-refractivity contribution in [2.24, 2.45) is 11.8 Å². The van der Waals surface area contributed by atoms with E-state index in [1.54, 1.807) is 9.80 Å². The molecule has 22 heteroatoms. The Hall–Kier alpha value is -7.26. The number of hydrogen-bond acceptors (Lipinski definition) is 14. The molecule has 4 amide bonds. The molecule has 488 valence electrons. The van der Waals surface area contributed by atoms with Crippen molar-refractivity contribution < 1.29 is 38.1 Å². The summed E-state index contributed by atoms with van der Waals surface area (Å²) in [5, 5.41) is 1.20. The number of hydrogen-bond donors (Lipinski definition) is 0. The molecule has 0 unspecified atom stereocenters. The van der Waals surface area contributed by atoms with E-state index in [0.29, 0.717) is 112 Å². The van der Waals surface area contributed by atoms with E-state index in [4.69, 9.17) is 52.1 Å².